The van der Waals surface area contributed by atoms with Gasteiger partial charge in [0.15, 0.2) is 0 Å². The summed E-state index contributed by atoms with van der Waals surface area (Å²) in [5, 5.41) is 4.48. The molecule has 0 saturated carbocycles. The monoisotopic (exact) mass is 167 g/mol. The Labute approximate surface area is 53.7 Å². The van der Waals surface area contributed by atoms with Crippen molar-refractivity contribution < 1.29 is 0 Å². The molecule has 0 aromatic rings. The second-order valence-corrected chi connectivity index (χ2v) is 2.37. The molecular weight excluding hydrogens is 153 g/mol. The van der Waals surface area contributed by atoms with Crippen LogP contribution in [0.1, 0.15) is 13.3 Å². The normalized spacial score (nSPS) is 9.43. The van der Waals surface area contributed by atoms with E-state index < -0.39 is 0 Å². The Morgan fingerprint density at radius 2 is 2.29 bits per heavy atom. The van der Waals surface area contributed by atoms with Crippen LogP contribution in [0, 0.1) is 0 Å². The third-order valence-electron chi connectivity index (χ3n) is 0.762. The van der Waals surface area contributed by atoms with Crippen molar-refractivity contribution in [1.82, 2.24) is 5.32 Å². The zero-order valence-electron chi connectivity index (χ0n) is 4.78. The predicted octanol–water partition coefficient (Wildman–Crippen LogP) is 0.305. The van der Waals surface area contributed by atoms with Crippen LogP contribution >= 0.6 is 0 Å². The summed E-state index contributed by atoms with van der Waals surface area (Å²) in [6.07, 6.45) is 1.29. The fourth-order valence-corrected chi connectivity index (χ4v) is 0.713. The Hall–Kier alpha value is 0.479. The first-order valence-electron chi connectivity index (χ1n) is 2.73. The molecule has 0 amide bonds. The second kappa shape index (κ2) is 6.48. The molecule has 0 radical (unpaired) electrons. The van der Waals surface area contributed by atoms with Crippen molar-refractivity contribution in [2.75, 3.05) is 13.1 Å². The van der Waals surface area contributed by atoms with Gasteiger partial charge in [-0.3, -0.25) is 0 Å². The fourth-order valence-electron chi connectivity index (χ4n) is 0.381. The summed E-state index contributed by atoms with van der Waals surface area (Å²) in [4.78, 5) is 0. The second-order valence-electron chi connectivity index (χ2n) is 1.43. The van der Waals surface area contributed by atoms with Crippen LogP contribution in [0.4, 0.5) is 0 Å². The van der Waals surface area contributed by atoms with Gasteiger partial charge in [-0.2, -0.15) is 0 Å². The average Bonchev–Trinajstić information content (AvgIpc) is 1.69. The van der Waals surface area contributed by atoms with Crippen LogP contribution < -0.4 is 5.32 Å². The Balaban J connectivity index is 2.45. The molecule has 0 bridgehead atoms. The molecule has 0 aromatic carbocycles. The number of hydrogen-bond acceptors (Lipinski definition) is 1. The van der Waals surface area contributed by atoms with Gasteiger partial charge in [0.05, 0.1) is 0 Å². The van der Waals surface area contributed by atoms with Crippen LogP contribution in [-0.2, 0) is 0 Å². The zero-order chi connectivity index (χ0) is 5.54. The SMILES string of the molecule is CCNCCC[SeH]. The molecule has 1 nitrogen and oxygen atoms in total. The van der Waals surface area contributed by atoms with E-state index in [0.29, 0.717) is 0 Å². The van der Waals surface area contributed by atoms with E-state index in [1.54, 1.807) is 0 Å². The van der Waals surface area contributed by atoms with Gasteiger partial charge in [-0.25, -0.2) is 0 Å². The quantitative estimate of drug-likeness (QED) is 0.468. The molecule has 0 aliphatic rings. The molecule has 0 saturated heterocycles. The number of hydrogen-bond donors (Lipinski definition) is 1. The summed E-state index contributed by atoms with van der Waals surface area (Å²) in [5.74, 6) is 0. The van der Waals surface area contributed by atoms with Gasteiger partial charge in [-0.15, -0.1) is 0 Å². The minimum atomic E-state index is 1.10. The number of rotatable bonds is 4. The van der Waals surface area contributed by atoms with Crippen molar-refractivity contribution >= 4 is 16.0 Å². The Kier molecular flexibility index (Phi) is 6.92. The van der Waals surface area contributed by atoms with Gasteiger partial charge in [-0.1, -0.05) is 0 Å². The van der Waals surface area contributed by atoms with Crippen LogP contribution in [0.2, 0.25) is 5.32 Å². The summed E-state index contributed by atoms with van der Waals surface area (Å²) in [6.45, 7) is 4.41. The topological polar surface area (TPSA) is 12.0 Å². The zero-order valence-corrected chi connectivity index (χ0v) is 6.65. The van der Waals surface area contributed by atoms with Crippen molar-refractivity contribution in [3.8, 4) is 0 Å². The molecule has 0 aliphatic heterocycles. The van der Waals surface area contributed by atoms with E-state index in [0.717, 1.165) is 6.54 Å². The third-order valence-corrected chi connectivity index (χ3v) is 1.43. The summed E-state index contributed by atoms with van der Waals surface area (Å²) < 4.78 is 0. The molecule has 0 fully saturated rings. The molecular formula is C5H13NSe. The van der Waals surface area contributed by atoms with E-state index in [2.05, 4.69) is 28.3 Å². The van der Waals surface area contributed by atoms with Crippen molar-refractivity contribution in [1.29, 1.82) is 0 Å². The van der Waals surface area contributed by atoms with E-state index in [1.807, 2.05) is 0 Å². The molecule has 1 N–H and O–H groups in total. The summed E-state index contributed by atoms with van der Waals surface area (Å²) >= 11 is 2.58. The first-order valence-corrected chi connectivity index (χ1v) is 4.06. The molecule has 0 aromatic heterocycles. The molecule has 0 aliphatic carbocycles. The maximum atomic E-state index is 3.24. The average molecular weight is 166 g/mol. The molecule has 0 atom stereocenters. The first-order chi connectivity index (χ1) is 3.41. The van der Waals surface area contributed by atoms with Gasteiger partial charge in [-0.05, 0) is 0 Å². The van der Waals surface area contributed by atoms with Gasteiger partial charge in [0.25, 0.3) is 0 Å². The van der Waals surface area contributed by atoms with Crippen LogP contribution in [0.25, 0.3) is 0 Å². The fraction of sp³-hybridized carbons (Fsp3) is 1.00. The minimum absolute atomic E-state index is 1.10. The van der Waals surface area contributed by atoms with E-state index in [1.165, 1.54) is 18.3 Å². The van der Waals surface area contributed by atoms with Gasteiger partial charge >= 0.3 is 53.1 Å². The van der Waals surface area contributed by atoms with Gasteiger partial charge < -0.3 is 0 Å². The Morgan fingerprint density at radius 1 is 1.57 bits per heavy atom. The van der Waals surface area contributed by atoms with Crippen LogP contribution in [0.3, 0.4) is 0 Å². The van der Waals surface area contributed by atoms with Gasteiger partial charge in [0.2, 0.25) is 0 Å². The molecule has 0 rings (SSSR count). The number of nitrogens with one attached hydrogen (secondary N) is 1. The third kappa shape index (κ3) is 6.48. The van der Waals surface area contributed by atoms with Crippen LogP contribution in [0.15, 0.2) is 0 Å². The molecule has 0 spiro atoms. The summed E-state index contributed by atoms with van der Waals surface area (Å²) in [6, 6.07) is 0. The van der Waals surface area contributed by atoms with Gasteiger partial charge in [0, 0.05) is 0 Å². The van der Waals surface area contributed by atoms with Crippen LogP contribution in [-0.4, -0.2) is 29.1 Å². The predicted molar refractivity (Wildman–Crippen MR) is 35.1 cm³/mol. The summed E-state index contributed by atoms with van der Waals surface area (Å²) in [5.41, 5.74) is 0. The standard InChI is InChI=1S/C5H13NSe/c1-2-6-4-3-5-7/h6-7H,2-5H2,1H3. The van der Waals surface area contributed by atoms with E-state index in [-0.39, 0.29) is 0 Å². The van der Waals surface area contributed by atoms with E-state index in [4.69, 9.17) is 0 Å². The molecule has 0 unspecified atom stereocenters. The molecule has 2 heteroatoms. The first kappa shape index (κ1) is 7.48. The Morgan fingerprint density at radius 3 is 2.71 bits per heavy atom. The van der Waals surface area contributed by atoms with Crippen LogP contribution in [0.5, 0.6) is 0 Å². The molecule has 0 heterocycles. The summed E-state index contributed by atoms with van der Waals surface area (Å²) in [7, 11) is 0. The molecule has 7 heavy (non-hydrogen) atoms. The van der Waals surface area contributed by atoms with Crippen molar-refractivity contribution in [3.63, 3.8) is 0 Å². The molecule has 44 valence electrons. The Bertz CT molecular complexity index is 27.3. The van der Waals surface area contributed by atoms with Gasteiger partial charge in [0.1, 0.15) is 0 Å². The van der Waals surface area contributed by atoms with E-state index in [9.17, 15) is 0 Å². The van der Waals surface area contributed by atoms with Crippen molar-refractivity contribution in [3.05, 3.63) is 0 Å². The van der Waals surface area contributed by atoms with E-state index >= 15 is 0 Å². The van der Waals surface area contributed by atoms with Crippen molar-refractivity contribution in [2.45, 2.75) is 18.7 Å². The maximum absolute atomic E-state index is 3.24. The van der Waals surface area contributed by atoms with Crippen molar-refractivity contribution in [2.24, 2.45) is 0 Å².